The lowest BCUT2D eigenvalue weighted by Gasteiger charge is -2.09. The molecule has 0 radical (unpaired) electrons. The number of anilines is 1. The molecule has 0 aliphatic carbocycles. The Morgan fingerprint density at radius 1 is 0.926 bits per heavy atom. The van der Waals surface area contributed by atoms with E-state index in [2.05, 4.69) is 10.6 Å². The number of benzene rings is 2. The molecular formula is C20H16F2N2O2S. The van der Waals surface area contributed by atoms with Crippen LogP contribution in [0.2, 0.25) is 0 Å². The number of thiophene rings is 1. The molecule has 0 bridgehead atoms. The van der Waals surface area contributed by atoms with Crippen LogP contribution >= 0.6 is 11.3 Å². The van der Waals surface area contributed by atoms with Gasteiger partial charge in [0.15, 0.2) is 0 Å². The van der Waals surface area contributed by atoms with Gasteiger partial charge in [-0.1, -0.05) is 18.2 Å². The summed E-state index contributed by atoms with van der Waals surface area (Å²) in [5, 5.41) is 7.16. The highest BCUT2D eigenvalue weighted by Gasteiger charge is 2.11. The van der Waals surface area contributed by atoms with Crippen molar-refractivity contribution in [1.29, 1.82) is 0 Å². The van der Waals surface area contributed by atoms with Crippen molar-refractivity contribution in [2.75, 3.05) is 11.9 Å². The highest BCUT2D eigenvalue weighted by atomic mass is 32.1. The van der Waals surface area contributed by atoms with Crippen molar-refractivity contribution in [3.05, 3.63) is 87.6 Å². The number of carbonyl (C=O) groups is 2. The van der Waals surface area contributed by atoms with E-state index in [0.29, 0.717) is 16.1 Å². The van der Waals surface area contributed by atoms with Crippen molar-refractivity contribution >= 4 is 28.8 Å². The molecule has 4 nitrogen and oxygen atoms in total. The molecule has 2 N–H and O–H groups in total. The van der Waals surface area contributed by atoms with E-state index in [-0.39, 0.29) is 30.3 Å². The number of halogens is 2. The number of hydrogen-bond donors (Lipinski definition) is 2. The normalized spacial score (nSPS) is 10.4. The van der Waals surface area contributed by atoms with Gasteiger partial charge in [-0.05, 0) is 48.2 Å². The Morgan fingerprint density at radius 2 is 1.67 bits per heavy atom. The molecule has 2 aromatic carbocycles. The molecule has 0 unspecified atom stereocenters. The maximum Gasteiger partial charge on any atom is 0.265 e. The number of amides is 2. The lowest BCUT2D eigenvalue weighted by atomic mass is 10.1. The summed E-state index contributed by atoms with van der Waals surface area (Å²) in [5.41, 5.74) is 0.768. The van der Waals surface area contributed by atoms with Gasteiger partial charge in [0.05, 0.1) is 4.88 Å². The monoisotopic (exact) mass is 386 g/mol. The Labute approximate surface area is 158 Å². The van der Waals surface area contributed by atoms with Crippen molar-refractivity contribution in [1.82, 2.24) is 5.32 Å². The summed E-state index contributed by atoms with van der Waals surface area (Å²) < 4.78 is 27.2. The average molecular weight is 386 g/mol. The summed E-state index contributed by atoms with van der Waals surface area (Å²) in [4.78, 5) is 24.9. The molecule has 3 rings (SSSR count). The molecule has 0 saturated heterocycles. The van der Waals surface area contributed by atoms with E-state index in [4.69, 9.17) is 0 Å². The molecule has 0 aliphatic rings. The molecule has 0 spiro atoms. The van der Waals surface area contributed by atoms with Crippen molar-refractivity contribution in [2.24, 2.45) is 0 Å². The summed E-state index contributed by atoms with van der Waals surface area (Å²) in [7, 11) is 0. The second-order valence-electron chi connectivity index (χ2n) is 5.72. The van der Waals surface area contributed by atoms with E-state index in [9.17, 15) is 18.4 Å². The topological polar surface area (TPSA) is 58.2 Å². The lowest BCUT2D eigenvalue weighted by Crippen LogP contribution is -2.26. The number of nitrogens with one attached hydrogen (secondary N) is 2. The minimum Gasteiger partial charge on any atom is -0.352 e. The van der Waals surface area contributed by atoms with Crippen LogP contribution in [0.15, 0.2) is 60.0 Å². The third kappa shape index (κ3) is 4.77. The molecule has 27 heavy (non-hydrogen) atoms. The van der Waals surface area contributed by atoms with Crippen molar-refractivity contribution < 1.29 is 18.4 Å². The fourth-order valence-corrected chi connectivity index (χ4v) is 3.13. The first-order valence-corrected chi connectivity index (χ1v) is 9.08. The Bertz CT molecular complexity index is 938. The highest BCUT2D eigenvalue weighted by Crippen LogP contribution is 2.15. The van der Waals surface area contributed by atoms with Crippen molar-refractivity contribution in [3.8, 4) is 0 Å². The Morgan fingerprint density at radius 3 is 2.37 bits per heavy atom. The Kier molecular flexibility index (Phi) is 5.93. The van der Waals surface area contributed by atoms with E-state index in [1.165, 1.54) is 29.5 Å². The number of carbonyl (C=O) groups excluding carboxylic acids is 2. The van der Waals surface area contributed by atoms with E-state index in [0.717, 1.165) is 0 Å². The number of hydrogen-bond acceptors (Lipinski definition) is 3. The molecule has 0 atom stereocenters. The van der Waals surface area contributed by atoms with Crippen molar-refractivity contribution in [2.45, 2.75) is 6.42 Å². The third-order valence-electron chi connectivity index (χ3n) is 3.85. The molecule has 0 aliphatic heterocycles. The second kappa shape index (κ2) is 8.55. The summed E-state index contributed by atoms with van der Waals surface area (Å²) in [6.07, 6.45) is 0.0407. The van der Waals surface area contributed by atoms with Crippen molar-refractivity contribution in [3.63, 3.8) is 0 Å². The van der Waals surface area contributed by atoms with E-state index >= 15 is 0 Å². The van der Waals surface area contributed by atoms with E-state index in [1.807, 2.05) is 0 Å². The van der Waals surface area contributed by atoms with Crippen LogP contribution in [-0.4, -0.2) is 18.4 Å². The zero-order chi connectivity index (χ0) is 19.2. The fraction of sp³-hybridized carbons (Fsp3) is 0.100. The SMILES string of the molecule is O=C(NCCc1c(F)cccc1F)c1cccc(NC(=O)c2cccs2)c1. The first-order chi connectivity index (χ1) is 13.0. The van der Waals surface area contributed by atoms with Crippen LogP contribution in [0.1, 0.15) is 25.6 Å². The van der Waals surface area contributed by atoms with Gasteiger partial charge in [0, 0.05) is 23.4 Å². The molecule has 3 aromatic rings. The van der Waals surface area contributed by atoms with Crippen LogP contribution < -0.4 is 10.6 Å². The van der Waals surface area contributed by atoms with E-state index < -0.39 is 11.6 Å². The zero-order valence-corrected chi connectivity index (χ0v) is 15.0. The molecule has 138 valence electrons. The summed E-state index contributed by atoms with van der Waals surface area (Å²) >= 11 is 1.32. The minimum absolute atomic E-state index is 0.0407. The van der Waals surface area contributed by atoms with Gasteiger partial charge in [-0.25, -0.2) is 8.78 Å². The van der Waals surface area contributed by atoms with Crippen LogP contribution in [0.25, 0.3) is 0 Å². The molecular weight excluding hydrogens is 370 g/mol. The van der Waals surface area contributed by atoms with E-state index in [1.54, 1.807) is 41.8 Å². The van der Waals surface area contributed by atoms with Crippen LogP contribution in [0.3, 0.4) is 0 Å². The van der Waals surface area contributed by atoms with Gasteiger partial charge in [0.25, 0.3) is 11.8 Å². The first kappa shape index (κ1) is 18.7. The minimum atomic E-state index is -0.637. The summed E-state index contributed by atoms with van der Waals surface area (Å²) in [5.74, 6) is -1.92. The predicted octanol–water partition coefficient (Wildman–Crippen LogP) is 4.25. The molecule has 0 fully saturated rings. The molecule has 1 heterocycles. The highest BCUT2D eigenvalue weighted by molar-refractivity contribution is 7.12. The van der Waals surface area contributed by atoms with Gasteiger partial charge in [-0.2, -0.15) is 0 Å². The molecule has 7 heteroatoms. The third-order valence-corrected chi connectivity index (χ3v) is 4.72. The first-order valence-electron chi connectivity index (χ1n) is 8.20. The average Bonchev–Trinajstić information content (AvgIpc) is 3.19. The smallest absolute Gasteiger partial charge is 0.265 e. The predicted molar refractivity (Wildman–Crippen MR) is 101 cm³/mol. The summed E-state index contributed by atoms with van der Waals surface area (Å²) in [6, 6.07) is 13.6. The maximum absolute atomic E-state index is 13.6. The number of rotatable bonds is 6. The molecule has 2 amide bonds. The van der Waals surface area contributed by atoms with Crippen LogP contribution in [-0.2, 0) is 6.42 Å². The Balaban J connectivity index is 1.59. The second-order valence-corrected chi connectivity index (χ2v) is 6.67. The zero-order valence-electron chi connectivity index (χ0n) is 14.2. The lowest BCUT2D eigenvalue weighted by molar-refractivity contribution is 0.0952. The summed E-state index contributed by atoms with van der Waals surface area (Å²) in [6.45, 7) is 0.0858. The van der Waals surface area contributed by atoms with Gasteiger partial charge >= 0.3 is 0 Å². The largest absolute Gasteiger partial charge is 0.352 e. The standard InChI is InChI=1S/C20H16F2N2O2S/c21-16-6-2-7-17(22)15(16)9-10-23-19(25)13-4-1-5-14(12-13)24-20(26)18-8-3-11-27-18/h1-8,11-12H,9-10H2,(H,23,25)(H,24,26). The quantitative estimate of drug-likeness (QED) is 0.665. The molecule has 1 aromatic heterocycles. The molecule has 0 saturated carbocycles. The van der Waals surface area contributed by atoms with Crippen LogP contribution in [0, 0.1) is 11.6 Å². The Hall–Kier alpha value is -3.06. The van der Waals surface area contributed by atoms with Gasteiger partial charge in [-0.3, -0.25) is 9.59 Å². The van der Waals surface area contributed by atoms with Gasteiger partial charge in [-0.15, -0.1) is 11.3 Å². The fourth-order valence-electron chi connectivity index (χ4n) is 2.51. The van der Waals surface area contributed by atoms with Crippen LogP contribution in [0.5, 0.6) is 0 Å². The van der Waals surface area contributed by atoms with Crippen LogP contribution in [0.4, 0.5) is 14.5 Å². The van der Waals surface area contributed by atoms with Gasteiger partial charge < -0.3 is 10.6 Å². The van der Waals surface area contributed by atoms with Gasteiger partial charge in [0.1, 0.15) is 11.6 Å². The van der Waals surface area contributed by atoms with Gasteiger partial charge in [0.2, 0.25) is 0 Å². The maximum atomic E-state index is 13.6.